The average Bonchev–Trinajstić information content (AvgIpc) is 2.74. The lowest BCUT2D eigenvalue weighted by molar-refractivity contribution is -0.136. The number of para-hydroxylation sites is 1. The molecule has 1 aromatic carbocycles. The van der Waals surface area contributed by atoms with Crippen molar-refractivity contribution in [2.75, 3.05) is 33.4 Å². The highest BCUT2D eigenvalue weighted by Gasteiger charge is 2.25. The predicted molar refractivity (Wildman–Crippen MR) is 107 cm³/mol. The first-order chi connectivity index (χ1) is 13.7. The molecule has 1 saturated carbocycles. The smallest absolute Gasteiger partial charge is 0.255 e. The summed E-state index contributed by atoms with van der Waals surface area (Å²) < 4.78 is 11.1. The maximum absolute atomic E-state index is 12.7. The van der Waals surface area contributed by atoms with Gasteiger partial charge in [-0.2, -0.15) is 0 Å². The second kappa shape index (κ2) is 10.5. The van der Waals surface area contributed by atoms with Gasteiger partial charge >= 0.3 is 0 Å². The molecule has 154 valence electrons. The second-order valence-electron chi connectivity index (χ2n) is 7.84. The molecule has 6 nitrogen and oxygen atoms in total. The third kappa shape index (κ3) is 5.71. The van der Waals surface area contributed by atoms with Gasteiger partial charge in [-0.25, -0.2) is 0 Å². The third-order valence-corrected chi connectivity index (χ3v) is 5.76. The highest BCUT2D eigenvalue weighted by atomic mass is 16.5. The van der Waals surface area contributed by atoms with E-state index in [9.17, 15) is 9.59 Å². The summed E-state index contributed by atoms with van der Waals surface area (Å²) in [6.07, 6.45) is 7.80. The SMILES string of the molecule is COCC(=O)N1CCC(Oc2ccccc2C(=O)NCC2CCCCC2)CC1. The molecule has 0 spiro atoms. The molecule has 3 rings (SSSR count). The van der Waals surface area contributed by atoms with E-state index in [1.165, 1.54) is 39.2 Å². The van der Waals surface area contributed by atoms with Crippen molar-refractivity contribution >= 4 is 11.8 Å². The first-order valence-corrected chi connectivity index (χ1v) is 10.5. The van der Waals surface area contributed by atoms with Gasteiger partial charge in [0.1, 0.15) is 18.5 Å². The Morgan fingerprint density at radius 2 is 1.79 bits per heavy atom. The van der Waals surface area contributed by atoms with Crippen LogP contribution in [0.15, 0.2) is 24.3 Å². The highest BCUT2D eigenvalue weighted by Crippen LogP contribution is 2.25. The molecule has 1 N–H and O–H groups in total. The standard InChI is InChI=1S/C22H32N2O4/c1-27-16-21(25)24-13-11-18(12-14-24)28-20-10-6-5-9-19(20)22(26)23-15-17-7-3-2-4-8-17/h5-6,9-10,17-18H,2-4,7-8,11-16H2,1H3,(H,23,26). The molecule has 1 aliphatic carbocycles. The number of methoxy groups -OCH3 is 1. The largest absolute Gasteiger partial charge is 0.489 e. The molecule has 1 aliphatic heterocycles. The number of amides is 2. The summed E-state index contributed by atoms with van der Waals surface area (Å²) in [5, 5.41) is 3.10. The number of rotatable bonds is 7. The van der Waals surface area contributed by atoms with E-state index in [-0.39, 0.29) is 24.5 Å². The molecule has 2 fully saturated rings. The Bertz CT molecular complexity index is 650. The van der Waals surface area contributed by atoms with Gasteiger partial charge in [-0.3, -0.25) is 9.59 Å². The van der Waals surface area contributed by atoms with Crippen molar-refractivity contribution in [2.24, 2.45) is 5.92 Å². The maximum atomic E-state index is 12.7. The number of carbonyl (C=O) groups excluding carboxylic acids is 2. The molecule has 0 aromatic heterocycles. The summed E-state index contributed by atoms with van der Waals surface area (Å²) in [6, 6.07) is 7.44. The van der Waals surface area contributed by atoms with Crippen LogP contribution in [0.4, 0.5) is 0 Å². The van der Waals surface area contributed by atoms with Crippen LogP contribution in [0.25, 0.3) is 0 Å². The zero-order chi connectivity index (χ0) is 19.8. The van der Waals surface area contributed by atoms with E-state index < -0.39 is 0 Å². The Kier molecular flexibility index (Phi) is 7.71. The molecule has 0 radical (unpaired) electrons. The monoisotopic (exact) mass is 388 g/mol. The molecule has 2 amide bonds. The number of hydrogen-bond donors (Lipinski definition) is 1. The summed E-state index contributed by atoms with van der Waals surface area (Å²) in [4.78, 5) is 26.4. The summed E-state index contributed by atoms with van der Waals surface area (Å²) in [6.45, 7) is 2.18. The molecule has 0 unspecified atom stereocenters. The molecular formula is C22H32N2O4. The zero-order valence-corrected chi connectivity index (χ0v) is 16.8. The number of carbonyl (C=O) groups is 2. The van der Waals surface area contributed by atoms with Gasteiger partial charge in [-0.15, -0.1) is 0 Å². The number of piperidine rings is 1. The van der Waals surface area contributed by atoms with Crippen molar-refractivity contribution in [1.82, 2.24) is 10.2 Å². The van der Waals surface area contributed by atoms with Crippen molar-refractivity contribution in [2.45, 2.75) is 51.0 Å². The topological polar surface area (TPSA) is 67.9 Å². The molecule has 1 heterocycles. The minimum absolute atomic E-state index is 0.0129. The Hall–Kier alpha value is -2.08. The van der Waals surface area contributed by atoms with Gasteiger partial charge in [-0.1, -0.05) is 31.4 Å². The molecule has 2 aliphatic rings. The lowest BCUT2D eigenvalue weighted by atomic mass is 9.89. The van der Waals surface area contributed by atoms with Gasteiger partial charge in [0.2, 0.25) is 5.91 Å². The highest BCUT2D eigenvalue weighted by molar-refractivity contribution is 5.96. The van der Waals surface area contributed by atoms with Crippen LogP contribution in [-0.4, -0.2) is 56.2 Å². The minimum atomic E-state index is -0.0612. The van der Waals surface area contributed by atoms with Crippen molar-refractivity contribution in [3.8, 4) is 5.75 Å². The van der Waals surface area contributed by atoms with Crippen LogP contribution in [0.2, 0.25) is 0 Å². The van der Waals surface area contributed by atoms with E-state index in [4.69, 9.17) is 9.47 Å². The van der Waals surface area contributed by atoms with Crippen LogP contribution < -0.4 is 10.1 Å². The first-order valence-electron chi connectivity index (χ1n) is 10.5. The molecule has 0 bridgehead atoms. The Balaban J connectivity index is 1.52. The normalized spacial score (nSPS) is 18.7. The molecule has 0 atom stereocenters. The van der Waals surface area contributed by atoms with E-state index in [2.05, 4.69) is 5.32 Å². The summed E-state index contributed by atoms with van der Waals surface area (Å²) in [7, 11) is 1.53. The molecular weight excluding hydrogens is 356 g/mol. The Labute approximate surface area is 167 Å². The van der Waals surface area contributed by atoms with Crippen molar-refractivity contribution < 1.29 is 19.1 Å². The number of likely N-dealkylation sites (tertiary alicyclic amines) is 1. The first kappa shape index (κ1) is 20.6. The molecule has 1 saturated heterocycles. The maximum Gasteiger partial charge on any atom is 0.255 e. The van der Waals surface area contributed by atoms with E-state index in [0.29, 0.717) is 30.3 Å². The van der Waals surface area contributed by atoms with Crippen molar-refractivity contribution in [3.63, 3.8) is 0 Å². The van der Waals surface area contributed by atoms with E-state index in [0.717, 1.165) is 19.4 Å². The summed E-state index contributed by atoms with van der Waals surface area (Å²) in [5.41, 5.74) is 0.594. The van der Waals surface area contributed by atoms with Gasteiger partial charge in [0.05, 0.1) is 5.56 Å². The Morgan fingerprint density at radius 1 is 1.07 bits per heavy atom. The average molecular weight is 389 g/mol. The van der Waals surface area contributed by atoms with Crippen molar-refractivity contribution in [3.05, 3.63) is 29.8 Å². The van der Waals surface area contributed by atoms with E-state index in [1.54, 1.807) is 0 Å². The van der Waals surface area contributed by atoms with Gasteiger partial charge in [0, 0.05) is 39.6 Å². The zero-order valence-electron chi connectivity index (χ0n) is 16.8. The quantitative estimate of drug-likeness (QED) is 0.780. The lowest BCUT2D eigenvalue weighted by Crippen LogP contribution is -2.43. The van der Waals surface area contributed by atoms with Crippen LogP contribution in [0, 0.1) is 5.92 Å². The molecule has 6 heteroatoms. The fourth-order valence-electron chi connectivity index (χ4n) is 4.10. The minimum Gasteiger partial charge on any atom is -0.489 e. The third-order valence-electron chi connectivity index (χ3n) is 5.76. The number of ether oxygens (including phenoxy) is 2. The fraction of sp³-hybridized carbons (Fsp3) is 0.636. The lowest BCUT2D eigenvalue weighted by Gasteiger charge is -2.32. The van der Waals surface area contributed by atoms with E-state index >= 15 is 0 Å². The van der Waals surface area contributed by atoms with E-state index in [1.807, 2.05) is 29.2 Å². The number of hydrogen-bond acceptors (Lipinski definition) is 4. The Morgan fingerprint density at radius 3 is 2.50 bits per heavy atom. The van der Waals surface area contributed by atoms with Gasteiger partial charge < -0.3 is 19.7 Å². The summed E-state index contributed by atoms with van der Waals surface area (Å²) >= 11 is 0. The van der Waals surface area contributed by atoms with Crippen molar-refractivity contribution in [1.29, 1.82) is 0 Å². The number of nitrogens with zero attached hydrogens (tertiary/aromatic N) is 1. The predicted octanol–water partition coefficient (Wildman–Crippen LogP) is 3.01. The van der Waals surface area contributed by atoms with Crippen LogP contribution in [0.3, 0.4) is 0 Å². The van der Waals surface area contributed by atoms with Gasteiger partial charge in [0.25, 0.3) is 5.91 Å². The van der Waals surface area contributed by atoms with Gasteiger partial charge in [0.15, 0.2) is 0 Å². The second-order valence-corrected chi connectivity index (χ2v) is 7.84. The summed E-state index contributed by atoms with van der Waals surface area (Å²) in [5.74, 6) is 1.18. The van der Waals surface area contributed by atoms with Crippen LogP contribution in [0.5, 0.6) is 5.75 Å². The van der Waals surface area contributed by atoms with Crippen LogP contribution in [-0.2, 0) is 9.53 Å². The van der Waals surface area contributed by atoms with Crippen LogP contribution in [0.1, 0.15) is 55.3 Å². The fourth-order valence-corrected chi connectivity index (χ4v) is 4.10. The molecule has 1 aromatic rings. The molecule has 28 heavy (non-hydrogen) atoms. The number of nitrogens with one attached hydrogen (secondary N) is 1. The number of benzene rings is 1. The van der Waals surface area contributed by atoms with Gasteiger partial charge in [-0.05, 0) is 30.9 Å². The van der Waals surface area contributed by atoms with Crippen LogP contribution >= 0.6 is 0 Å².